The third-order valence-corrected chi connectivity index (χ3v) is 6.65. The molecule has 0 saturated carbocycles. The smallest absolute Gasteiger partial charge is 0.335 e. The number of benzene rings is 1. The van der Waals surface area contributed by atoms with Crippen molar-refractivity contribution in [2.75, 3.05) is 6.54 Å². The average molecular weight is 367 g/mol. The van der Waals surface area contributed by atoms with E-state index in [1.165, 1.54) is 22.5 Å². The second-order valence-corrected chi connectivity index (χ2v) is 8.44. The summed E-state index contributed by atoms with van der Waals surface area (Å²) >= 11 is 0. The lowest BCUT2D eigenvalue weighted by atomic mass is 9.95. The Kier molecular flexibility index (Phi) is 4.83. The maximum Gasteiger partial charge on any atom is 0.335 e. The summed E-state index contributed by atoms with van der Waals surface area (Å²) in [6.45, 7) is 2.27. The average Bonchev–Trinajstić information content (AvgIpc) is 3.08. The third kappa shape index (κ3) is 3.41. The molecule has 136 valence electrons. The van der Waals surface area contributed by atoms with Crippen molar-refractivity contribution in [3.05, 3.63) is 35.4 Å². The van der Waals surface area contributed by atoms with Crippen LogP contribution in [-0.2, 0) is 25.3 Å². The maximum absolute atomic E-state index is 12.9. The number of nitrogens with zero attached hydrogens (tertiary/aromatic N) is 1. The second-order valence-electron chi connectivity index (χ2n) is 6.52. The lowest BCUT2D eigenvalue weighted by molar-refractivity contribution is -0.144. The summed E-state index contributed by atoms with van der Waals surface area (Å²) in [5.74, 6) is -2.12. The standard InChI is InChI=1S/C17H21NO6S/c1-2-4-13-15-14(24-17(13)21)7-8-18(15)25(22,23)10-11-5-3-6-12(9-11)16(19)20/h3,5-6,9,13-15H,2,4,7-8,10H2,1H3,(H,19,20)/t13-,14+,15-/m1/s1. The van der Waals surface area contributed by atoms with Gasteiger partial charge in [-0.15, -0.1) is 0 Å². The van der Waals surface area contributed by atoms with Gasteiger partial charge in [0.1, 0.15) is 6.10 Å². The fourth-order valence-electron chi connectivity index (χ4n) is 3.74. The van der Waals surface area contributed by atoms with Gasteiger partial charge in [0.15, 0.2) is 0 Å². The molecule has 2 aliphatic rings. The number of hydrogen-bond donors (Lipinski definition) is 1. The van der Waals surface area contributed by atoms with Crippen molar-refractivity contribution in [3.8, 4) is 0 Å². The van der Waals surface area contributed by atoms with E-state index in [4.69, 9.17) is 9.84 Å². The molecule has 0 aliphatic carbocycles. The highest BCUT2D eigenvalue weighted by molar-refractivity contribution is 7.88. The van der Waals surface area contributed by atoms with Crippen molar-refractivity contribution >= 4 is 22.0 Å². The molecule has 0 amide bonds. The van der Waals surface area contributed by atoms with E-state index in [-0.39, 0.29) is 23.4 Å². The summed E-state index contributed by atoms with van der Waals surface area (Å²) in [6, 6.07) is 5.47. The molecule has 7 nitrogen and oxygen atoms in total. The van der Waals surface area contributed by atoms with Crippen LogP contribution in [0.5, 0.6) is 0 Å². The first-order chi connectivity index (χ1) is 11.8. The molecule has 2 saturated heterocycles. The first kappa shape index (κ1) is 17.9. The Morgan fingerprint density at radius 1 is 1.40 bits per heavy atom. The van der Waals surface area contributed by atoms with Crippen LogP contribution in [0.15, 0.2) is 24.3 Å². The highest BCUT2D eigenvalue weighted by Gasteiger charge is 2.53. The number of sulfonamides is 1. The molecule has 0 radical (unpaired) electrons. The Morgan fingerprint density at radius 3 is 2.84 bits per heavy atom. The van der Waals surface area contributed by atoms with Gasteiger partial charge in [0.25, 0.3) is 0 Å². The number of carbonyl (C=O) groups excluding carboxylic acids is 1. The summed E-state index contributed by atoms with van der Waals surface area (Å²) in [7, 11) is -3.68. The lowest BCUT2D eigenvalue weighted by Gasteiger charge is -2.25. The molecular weight excluding hydrogens is 346 g/mol. The van der Waals surface area contributed by atoms with E-state index in [0.29, 0.717) is 24.9 Å². The van der Waals surface area contributed by atoms with Crippen LogP contribution in [0.1, 0.15) is 42.1 Å². The molecule has 2 aliphatic heterocycles. The lowest BCUT2D eigenvalue weighted by Crippen LogP contribution is -2.42. The fraction of sp³-hybridized carbons (Fsp3) is 0.529. The zero-order chi connectivity index (χ0) is 18.2. The highest BCUT2D eigenvalue weighted by Crippen LogP contribution is 2.38. The van der Waals surface area contributed by atoms with Gasteiger partial charge in [0, 0.05) is 6.54 Å². The molecule has 1 aromatic rings. The van der Waals surface area contributed by atoms with Gasteiger partial charge in [-0.25, -0.2) is 13.2 Å². The molecule has 0 bridgehead atoms. The van der Waals surface area contributed by atoms with Crippen molar-refractivity contribution in [1.29, 1.82) is 0 Å². The minimum Gasteiger partial charge on any atom is -0.478 e. The topological polar surface area (TPSA) is 101 Å². The predicted octanol–water partition coefficient (Wildman–Crippen LogP) is 1.63. The molecule has 1 N–H and O–H groups in total. The van der Waals surface area contributed by atoms with Gasteiger partial charge < -0.3 is 9.84 Å². The van der Waals surface area contributed by atoms with Gasteiger partial charge in [0.05, 0.1) is 23.3 Å². The van der Waals surface area contributed by atoms with Gasteiger partial charge in [-0.3, -0.25) is 4.79 Å². The van der Waals surface area contributed by atoms with Crippen LogP contribution in [0.2, 0.25) is 0 Å². The van der Waals surface area contributed by atoms with E-state index in [2.05, 4.69) is 0 Å². The van der Waals surface area contributed by atoms with Crippen LogP contribution in [0.25, 0.3) is 0 Å². The largest absolute Gasteiger partial charge is 0.478 e. The van der Waals surface area contributed by atoms with E-state index in [9.17, 15) is 18.0 Å². The van der Waals surface area contributed by atoms with Crippen molar-refractivity contribution < 1.29 is 27.9 Å². The summed E-state index contributed by atoms with van der Waals surface area (Å²) in [6.07, 6.45) is 1.51. The first-order valence-corrected chi connectivity index (χ1v) is 9.96. The predicted molar refractivity (Wildman–Crippen MR) is 89.4 cm³/mol. The molecule has 2 fully saturated rings. The Bertz CT molecular complexity index is 790. The summed E-state index contributed by atoms with van der Waals surface area (Å²) in [4.78, 5) is 23.1. The summed E-state index contributed by atoms with van der Waals surface area (Å²) in [5, 5.41) is 9.05. The number of carboxylic acids is 1. The Labute approximate surface area is 146 Å². The van der Waals surface area contributed by atoms with Gasteiger partial charge in [-0.2, -0.15) is 4.31 Å². The Balaban J connectivity index is 1.83. The molecule has 0 aromatic heterocycles. The van der Waals surface area contributed by atoms with Gasteiger partial charge >= 0.3 is 11.9 Å². The monoisotopic (exact) mass is 367 g/mol. The van der Waals surface area contributed by atoms with Crippen LogP contribution in [0, 0.1) is 5.92 Å². The highest BCUT2D eigenvalue weighted by atomic mass is 32.2. The first-order valence-electron chi connectivity index (χ1n) is 8.35. The molecule has 3 rings (SSSR count). The minimum absolute atomic E-state index is 0.0511. The maximum atomic E-state index is 12.9. The number of ether oxygens (including phenoxy) is 1. The molecule has 25 heavy (non-hydrogen) atoms. The molecule has 3 atom stereocenters. The van der Waals surface area contributed by atoms with E-state index in [1.807, 2.05) is 6.92 Å². The number of rotatable bonds is 6. The number of hydrogen-bond acceptors (Lipinski definition) is 5. The zero-order valence-corrected chi connectivity index (χ0v) is 14.7. The zero-order valence-electron chi connectivity index (χ0n) is 13.9. The molecule has 0 spiro atoms. The van der Waals surface area contributed by atoms with Crippen LogP contribution in [0.4, 0.5) is 0 Å². The van der Waals surface area contributed by atoms with Crippen LogP contribution in [-0.4, -0.2) is 48.5 Å². The van der Waals surface area contributed by atoms with Crippen LogP contribution >= 0.6 is 0 Å². The van der Waals surface area contributed by atoms with Gasteiger partial charge in [0.2, 0.25) is 10.0 Å². The molecule has 0 unspecified atom stereocenters. The fourth-order valence-corrected chi connectivity index (χ4v) is 5.54. The van der Waals surface area contributed by atoms with E-state index in [0.717, 1.165) is 6.42 Å². The van der Waals surface area contributed by atoms with E-state index >= 15 is 0 Å². The van der Waals surface area contributed by atoms with Crippen LogP contribution < -0.4 is 0 Å². The Hall–Kier alpha value is -1.93. The van der Waals surface area contributed by atoms with E-state index < -0.39 is 28.0 Å². The minimum atomic E-state index is -3.68. The normalized spacial score (nSPS) is 26.4. The molecule has 8 heteroatoms. The quantitative estimate of drug-likeness (QED) is 0.767. The number of esters is 1. The van der Waals surface area contributed by atoms with Gasteiger partial charge in [-0.1, -0.05) is 25.5 Å². The number of carboxylic acid groups (broad SMARTS) is 1. The number of carbonyl (C=O) groups is 2. The number of aromatic carboxylic acids is 1. The summed E-state index contributed by atoms with van der Waals surface area (Å²) in [5.41, 5.74) is 0.468. The van der Waals surface area contributed by atoms with Crippen molar-refractivity contribution in [1.82, 2.24) is 4.31 Å². The second kappa shape index (κ2) is 6.76. The summed E-state index contributed by atoms with van der Waals surface area (Å²) < 4.78 is 32.5. The van der Waals surface area contributed by atoms with Crippen LogP contribution in [0.3, 0.4) is 0 Å². The molecule has 2 heterocycles. The van der Waals surface area contributed by atoms with E-state index in [1.54, 1.807) is 6.07 Å². The van der Waals surface area contributed by atoms with Crippen molar-refractivity contribution in [3.63, 3.8) is 0 Å². The molecular formula is C17H21NO6S. The SMILES string of the molecule is CCC[C@H]1C(=O)O[C@H]2CCN(S(=O)(=O)Cc3cccc(C(=O)O)c3)[C@@H]21. The van der Waals surface area contributed by atoms with Crippen molar-refractivity contribution in [2.45, 2.75) is 44.1 Å². The van der Waals surface area contributed by atoms with Gasteiger partial charge in [-0.05, 0) is 30.5 Å². The Morgan fingerprint density at radius 2 is 2.16 bits per heavy atom. The molecule has 1 aromatic carbocycles. The van der Waals surface area contributed by atoms with Crippen molar-refractivity contribution in [2.24, 2.45) is 5.92 Å². The third-order valence-electron chi connectivity index (χ3n) is 4.81. The number of fused-ring (bicyclic) bond motifs is 1.